The van der Waals surface area contributed by atoms with Crippen LogP contribution in [0.3, 0.4) is 0 Å². The highest BCUT2D eigenvalue weighted by Crippen LogP contribution is 2.19. The van der Waals surface area contributed by atoms with Crippen molar-refractivity contribution in [2.24, 2.45) is 0 Å². The van der Waals surface area contributed by atoms with Crippen molar-refractivity contribution in [3.8, 4) is 0 Å². The molecule has 7 heteroatoms. The Balaban J connectivity index is 2.42. The molecule has 1 aromatic rings. The normalized spacial score (nSPS) is 9.94. The molecule has 1 rings (SSSR count). The second-order valence-corrected chi connectivity index (χ2v) is 4.01. The molecule has 0 amide bonds. The van der Waals surface area contributed by atoms with Gasteiger partial charge in [0.2, 0.25) is 5.28 Å². The maximum atomic E-state index is 11.1. The lowest BCUT2D eigenvalue weighted by Gasteiger charge is -2.06. The summed E-state index contributed by atoms with van der Waals surface area (Å²) in [4.78, 5) is 18.8. The van der Waals surface area contributed by atoms with Gasteiger partial charge in [0.25, 0.3) is 0 Å². The van der Waals surface area contributed by atoms with Crippen LogP contribution in [0.1, 0.15) is 13.3 Å². The van der Waals surface area contributed by atoms with Gasteiger partial charge in [-0.1, -0.05) is 0 Å². The first-order valence-electron chi connectivity index (χ1n) is 4.71. The molecule has 0 aromatic carbocycles. The zero-order valence-corrected chi connectivity index (χ0v) is 11.0. The lowest BCUT2D eigenvalue weighted by Crippen LogP contribution is -2.12. The van der Waals surface area contributed by atoms with Gasteiger partial charge in [0.05, 0.1) is 17.5 Å². The summed E-state index contributed by atoms with van der Waals surface area (Å²) < 4.78 is 5.48. The molecule has 0 saturated carbocycles. The van der Waals surface area contributed by atoms with Crippen LogP contribution in [0.2, 0.25) is 5.28 Å². The van der Waals surface area contributed by atoms with Gasteiger partial charge in [-0.3, -0.25) is 4.79 Å². The molecule has 0 bridgehead atoms. The lowest BCUT2D eigenvalue weighted by atomic mass is 10.4. The van der Waals surface area contributed by atoms with E-state index in [-0.39, 0.29) is 17.7 Å². The molecule has 0 fully saturated rings. The van der Waals surface area contributed by atoms with Crippen molar-refractivity contribution in [3.63, 3.8) is 0 Å². The van der Waals surface area contributed by atoms with E-state index < -0.39 is 0 Å². The molecule has 1 heterocycles. The SMILES string of the molecule is CCOC(=O)CCNc1nc(Cl)ncc1Br. The summed E-state index contributed by atoms with van der Waals surface area (Å²) in [6.45, 7) is 2.60. The Morgan fingerprint density at radius 3 is 3.12 bits per heavy atom. The average Bonchev–Trinajstić information content (AvgIpc) is 2.23. The van der Waals surface area contributed by atoms with Gasteiger partial charge in [0.1, 0.15) is 5.82 Å². The van der Waals surface area contributed by atoms with E-state index in [0.717, 1.165) is 0 Å². The maximum Gasteiger partial charge on any atom is 0.307 e. The lowest BCUT2D eigenvalue weighted by molar-refractivity contribution is -0.142. The topological polar surface area (TPSA) is 64.1 Å². The minimum Gasteiger partial charge on any atom is -0.466 e. The number of hydrogen-bond donors (Lipinski definition) is 1. The van der Waals surface area contributed by atoms with Crippen LogP contribution in [0, 0.1) is 0 Å². The Bertz CT molecular complexity index is 376. The fourth-order valence-electron chi connectivity index (χ4n) is 0.986. The third kappa shape index (κ3) is 4.32. The minimum atomic E-state index is -0.244. The number of nitrogens with one attached hydrogen (secondary N) is 1. The van der Waals surface area contributed by atoms with Gasteiger partial charge >= 0.3 is 5.97 Å². The smallest absolute Gasteiger partial charge is 0.307 e. The Hall–Kier alpha value is -0.880. The van der Waals surface area contributed by atoms with Gasteiger partial charge in [0.15, 0.2) is 0 Å². The molecule has 0 aliphatic rings. The summed E-state index contributed by atoms with van der Waals surface area (Å²) in [6, 6.07) is 0. The van der Waals surface area contributed by atoms with E-state index in [1.807, 2.05) is 0 Å². The van der Waals surface area contributed by atoms with E-state index in [2.05, 4.69) is 31.2 Å². The van der Waals surface area contributed by atoms with Crippen molar-refractivity contribution in [1.82, 2.24) is 9.97 Å². The van der Waals surface area contributed by atoms with E-state index >= 15 is 0 Å². The first kappa shape index (κ1) is 13.2. The standard InChI is InChI=1S/C9H11BrClN3O2/c1-2-16-7(15)3-4-12-8-6(10)5-13-9(11)14-8/h5H,2-4H2,1H3,(H,12,13,14). The third-order valence-electron chi connectivity index (χ3n) is 1.64. The monoisotopic (exact) mass is 307 g/mol. The van der Waals surface area contributed by atoms with E-state index in [9.17, 15) is 4.79 Å². The minimum absolute atomic E-state index is 0.154. The van der Waals surface area contributed by atoms with Crippen molar-refractivity contribution in [1.29, 1.82) is 0 Å². The van der Waals surface area contributed by atoms with E-state index in [0.29, 0.717) is 23.4 Å². The number of halogens is 2. The highest BCUT2D eigenvalue weighted by Gasteiger charge is 2.05. The van der Waals surface area contributed by atoms with Crippen molar-refractivity contribution >= 4 is 39.3 Å². The maximum absolute atomic E-state index is 11.1. The molecule has 0 atom stereocenters. The highest BCUT2D eigenvalue weighted by molar-refractivity contribution is 9.10. The van der Waals surface area contributed by atoms with Crippen LogP contribution < -0.4 is 5.32 Å². The summed E-state index contributed by atoms with van der Waals surface area (Å²) in [5.74, 6) is 0.315. The second-order valence-electron chi connectivity index (χ2n) is 2.82. The van der Waals surface area contributed by atoms with Crippen LogP contribution >= 0.6 is 27.5 Å². The summed E-state index contributed by atoms with van der Waals surface area (Å²) in [5, 5.41) is 3.11. The van der Waals surface area contributed by atoms with Crippen LogP contribution in [0.15, 0.2) is 10.7 Å². The largest absolute Gasteiger partial charge is 0.466 e. The molecule has 0 aliphatic heterocycles. The highest BCUT2D eigenvalue weighted by atomic mass is 79.9. The Kier molecular flexibility index (Phi) is 5.48. The van der Waals surface area contributed by atoms with Crippen molar-refractivity contribution in [3.05, 3.63) is 16.0 Å². The van der Waals surface area contributed by atoms with Crippen LogP contribution in [-0.4, -0.2) is 29.1 Å². The molecule has 0 saturated heterocycles. The molecule has 88 valence electrons. The van der Waals surface area contributed by atoms with Crippen LogP contribution in [0.5, 0.6) is 0 Å². The van der Waals surface area contributed by atoms with Crippen molar-refractivity contribution < 1.29 is 9.53 Å². The Labute approximate surface area is 107 Å². The Morgan fingerprint density at radius 2 is 2.44 bits per heavy atom. The van der Waals surface area contributed by atoms with Gasteiger partial charge in [0, 0.05) is 12.7 Å². The molecule has 5 nitrogen and oxygen atoms in total. The molecular weight excluding hydrogens is 297 g/mol. The number of rotatable bonds is 5. The first-order valence-corrected chi connectivity index (χ1v) is 5.88. The number of aromatic nitrogens is 2. The number of anilines is 1. The van der Waals surface area contributed by atoms with Crippen LogP contribution in [0.4, 0.5) is 5.82 Å². The summed E-state index contributed by atoms with van der Waals surface area (Å²) in [6.07, 6.45) is 1.82. The van der Waals surface area contributed by atoms with Crippen molar-refractivity contribution in [2.45, 2.75) is 13.3 Å². The third-order valence-corrected chi connectivity index (χ3v) is 2.40. The predicted octanol–water partition coefficient (Wildman–Crippen LogP) is 2.26. The van der Waals surface area contributed by atoms with E-state index in [1.165, 1.54) is 0 Å². The average molecular weight is 309 g/mol. The molecule has 0 radical (unpaired) electrons. The van der Waals surface area contributed by atoms with Gasteiger partial charge in [-0.15, -0.1) is 0 Å². The number of ether oxygens (including phenoxy) is 1. The molecule has 1 N–H and O–H groups in total. The summed E-state index contributed by atoms with van der Waals surface area (Å²) in [7, 11) is 0. The van der Waals surface area contributed by atoms with E-state index in [1.54, 1.807) is 13.1 Å². The van der Waals surface area contributed by atoms with Gasteiger partial charge in [-0.2, -0.15) is 4.98 Å². The fourth-order valence-corrected chi connectivity index (χ4v) is 1.45. The second kappa shape index (κ2) is 6.65. The summed E-state index contributed by atoms with van der Waals surface area (Å²) in [5.41, 5.74) is 0. The number of esters is 1. The fraction of sp³-hybridized carbons (Fsp3) is 0.444. The zero-order chi connectivity index (χ0) is 12.0. The van der Waals surface area contributed by atoms with Gasteiger partial charge < -0.3 is 10.1 Å². The zero-order valence-electron chi connectivity index (χ0n) is 8.67. The molecule has 16 heavy (non-hydrogen) atoms. The molecule has 0 spiro atoms. The molecule has 0 aliphatic carbocycles. The molecule has 1 aromatic heterocycles. The first-order chi connectivity index (χ1) is 7.63. The van der Waals surface area contributed by atoms with E-state index in [4.69, 9.17) is 16.3 Å². The quantitative estimate of drug-likeness (QED) is 0.668. The van der Waals surface area contributed by atoms with Gasteiger partial charge in [-0.05, 0) is 34.5 Å². The number of nitrogens with zero attached hydrogens (tertiary/aromatic N) is 2. The van der Waals surface area contributed by atoms with Crippen LogP contribution in [0.25, 0.3) is 0 Å². The van der Waals surface area contributed by atoms with Gasteiger partial charge in [-0.25, -0.2) is 4.98 Å². The van der Waals surface area contributed by atoms with Crippen LogP contribution in [-0.2, 0) is 9.53 Å². The Morgan fingerprint density at radius 1 is 1.69 bits per heavy atom. The molecular formula is C9H11BrClN3O2. The van der Waals surface area contributed by atoms with Crippen molar-refractivity contribution in [2.75, 3.05) is 18.5 Å². The number of hydrogen-bond acceptors (Lipinski definition) is 5. The number of carbonyl (C=O) groups excluding carboxylic acids is 1. The molecule has 0 unspecified atom stereocenters. The predicted molar refractivity (Wildman–Crippen MR) is 64.5 cm³/mol. The number of carbonyl (C=O) groups is 1. The summed E-state index contributed by atoms with van der Waals surface area (Å²) >= 11 is 8.90.